The maximum Gasteiger partial charge on any atom is 0.156 e. The molecule has 1 heteroatoms. The Balaban J connectivity index is 2.35. The Morgan fingerprint density at radius 1 is 1.20 bits per heavy atom. The van der Waals surface area contributed by atoms with E-state index in [1.807, 2.05) is 24.3 Å². The lowest BCUT2D eigenvalue weighted by Crippen LogP contribution is -2.08. The fourth-order valence-electron chi connectivity index (χ4n) is 2.19. The standard InChI is InChI=1S/C14H16O/c1-10(2)13-8-12(15)9-14(13)11-6-4-3-5-7-11/h3-7,9-10,13H,8H2,1-2H3/t13-/m0/s1. The first-order valence-electron chi connectivity index (χ1n) is 5.48. The number of carbonyl (C=O) groups excluding carboxylic acids is 1. The molecule has 0 aromatic heterocycles. The second kappa shape index (κ2) is 4.01. The number of hydrogen-bond acceptors (Lipinski definition) is 1. The summed E-state index contributed by atoms with van der Waals surface area (Å²) in [6, 6.07) is 10.2. The van der Waals surface area contributed by atoms with Crippen LogP contribution in [0.5, 0.6) is 0 Å². The van der Waals surface area contributed by atoms with Crippen molar-refractivity contribution in [3.8, 4) is 0 Å². The Morgan fingerprint density at radius 3 is 2.47 bits per heavy atom. The van der Waals surface area contributed by atoms with Gasteiger partial charge < -0.3 is 0 Å². The van der Waals surface area contributed by atoms with Gasteiger partial charge in [-0.2, -0.15) is 0 Å². The molecule has 0 heterocycles. The molecule has 2 rings (SSSR count). The topological polar surface area (TPSA) is 17.1 Å². The fraction of sp³-hybridized carbons (Fsp3) is 0.357. The molecule has 1 aliphatic rings. The summed E-state index contributed by atoms with van der Waals surface area (Å²) in [5.41, 5.74) is 2.41. The third-order valence-corrected chi connectivity index (χ3v) is 3.05. The van der Waals surface area contributed by atoms with E-state index in [2.05, 4.69) is 26.0 Å². The van der Waals surface area contributed by atoms with Crippen molar-refractivity contribution in [3.05, 3.63) is 42.0 Å². The molecular weight excluding hydrogens is 184 g/mol. The van der Waals surface area contributed by atoms with Crippen LogP contribution in [-0.2, 0) is 4.79 Å². The molecule has 1 aromatic carbocycles. The van der Waals surface area contributed by atoms with Crippen LogP contribution in [0.15, 0.2) is 36.4 Å². The molecule has 15 heavy (non-hydrogen) atoms. The van der Waals surface area contributed by atoms with Gasteiger partial charge in [0.2, 0.25) is 0 Å². The third-order valence-electron chi connectivity index (χ3n) is 3.05. The van der Waals surface area contributed by atoms with Crippen molar-refractivity contribution in [1.82, 2.24) is 0 Å². The van der Waals surface area contributed by atoms with E-state index in [1.165, 1.54) is 11.1 Å². The largest absolute Gasteiger partial charge is 0.295 e. The minimum atomic E-state index is 0.271. The van der Waals surface area contributed by atoms with E-state index >= 15 is 0 Å². The number of allylic oxidation sites excluding steroid dienone is 2. The minimum Gasteiger partial charge on any atom is -0.295 e. The molecule has 0 spiro atoms. The van der Waals surface area contributed by atoms with Crippen LogP contribution in [-0.4, -0.2) is 5.78 Å². The van der Waals surface area contributed by atoms with Gasteiger partial charge in [-0.25, -0.2) is 0 Å². The highest BCUT2D eigenvalue weighted by Crippen LogP contribution is 2.36. The number of carbonyl (C=O) groups is 1. The molecule has 0 saturated carbocycles. The van der Waals surface area contributed by atoms with Crippen molar-refractivity contribution in [3.63, 3.8) is 0 Å². The van der Waals surface area contributed by atoms with Crippen LogP contribution < -0.4 is 0 Å². The van der Waals surface area contributed by atoms with Crippen LogP contribution in [0.1, 0.15) is 25.8 Å². The molecular formula is C14H16O. The maximum absolute atomic E-state index is 11.5. The van der Waals surface area contributed by atoms with E-state index in [9.17, 15) is 4.79 Å². The van der Waals surface area contributed by atoms with E-state index in [4.69, 9.17) is 0 Å². The average Bonchev–Trinajstić information content (AvgIpc) is 2.62. The Bertz CT molecular complexity index is 387. The summed E-state index contributed by atoms with van der Waals surface area (Å²) < 4.78 is 0. The lowest BCUT2D eigenvalue weighted by molar-refractivity contribution is -0.114. The van der Waals surface area contributed by atoms with Crippen LogP contribution in [0.4, 0.5) is 0 Å². The van der Waals surface area contributed by atoms with E-state index < -0.39 is 0 Å². The van der Waals surface area contributed by atoms with Gasteiger partial charge in [0.05, 0.1) is 0 Å². The molecule has 0 unspecified atom stereocenters. The highest BCUT2D eigenvalue weighted by molar-refractivity contribution is 6.02. The molecule has 0 aliphatic heterocycles. The highest BCUT2D eigenvalue weighted by atomic mass is 16.1. The summed E-state index contributed by atoms with van der Waals surface area (Å²) in [4.78, 5) is 11.5. The van der Waals surface area contributed by atoms with Gasteiger partial charge in [-0.3, -0.25) is 4.79 Å². The lowest BCUT2D eigenvalue weighted by Gasteiger charge is -2.18. The number of rotatable bonds is 2. The number of hydrogen-bond donors (Lipinski definition) is 0. The molecule has 78 valence electrons. The fourth-order valence-corrected chi connectivity index (χ4v) is 2.19. The predicted octanol–water partition coefficient (Wildman–Crippen LogP) is 3.32. The van der Waals surface area contributed by atoms with Crippen LogP contribution >= 0.6 is 0 Å². The van der Waals surface area contributed by atoms with Crippen molar-refractivity contribution in [2.24, 2.45) is 11.8 Å². The van der Waals surface area contributed by atoms with Crippen molar-refractivity contribution in [2.75, 3.05) is 0 Å². The van der Waals surface area contributed by atoms with Crippen LogP contribution in [0.25, 0.3) is 5.57 Å². The smallest absolute Gasteiger partial charge is 0.156 e. The van der Waals surface area contributed by atoms with Crippen LogP contribution in [0.3, 0.4) is 0 Å². The molecule has 0 radical (unpaired) electrons. The molecule has 0 amide bonds. The third kappa shape index (κ3) is 2.01. The first kappa shape index (κ1) is 10.2. The average molecular weight is 200 g/mol. The van der Waals surface area contributed by atoms with E-state index in [1.54, 1.807) is 0 Å². The Hall–Kier alpha value is -1.37. The predicted molar refractivity (Wildman–Crippen MR) is 62.4 cm³/mol. The Labute approximate surface area is 90.8 Å². The van der Waals surface area contributed by atoms with Crippen molar-refractivity contribution < 1.29 is 4.79 Å². The summed E-state index contributed by atoms with van der Waals surface area (Å²) in [6.45, 7) is 4.36. The summed E-state index contributed by atoms with van der Waals surface area (Å²) in [6.07, 6.45) is 2.50. The summed E-state index contributed by atoms with van der Waals surface area (Å²) in [5.74, 6) is 1.20. The second-order valence-corrected chi connectivity index (χ2v) is 4.49. The zero-order chi connectivity index (χ0) is 10.8. The lowest BCUT2D eigenvalue weighted by atomic mass is 9.86. The first-order chi connectivity index (χ1) is 7.18. The van der Waals surface area contributed by atoms with Gasteiger partial charge in [0.25, 0.3) is 0 Å². The van der Waals surface area contributed by atoms with Gasteiger partial charge in [0.1, 0.15) is 0 Å². The van der Waals surface area contributed by atoms with Gasteiger partial charge in [-0.05, 0) is 29.0 Å². The second-order valence-electron chi connectivity index (χ2n) is 4.49. The van der Waals surface area contributed by atoms with E-state index in [-0.39, 0.29) is 5.78 Å². The SMILES string of the molecule is CC(C)[C@@H]1CC(=O)C=C1c1ccccc1. The monoisotopic (exact) mass is 200 g/mol. The molecule has 1 aromatic rings. The Morgan fingerprint density at radius 2 is 1.87 bits per heavy atom. The molecule has 1 atom stereocenters. The van der Waals surface area contributed by atoms with Gasteiger partial charge in [0, 0.05) is 6.42 Å². The summed E-state index contributed by atoms with van der Waals surface area (Å²) >= 11 is 0. The molecule has 0 fully saturated rings. The number of ketones is 1. The zero-order valence-electron chi connectivity index (χ0n) is 9.23. The number of benzene rings is 1. The molecule has 1 nitrogen and oxygen atoms in total. The molecule has 0 N–H and O–H groups in total. The maximum atomic E-state index is 11.5. The summed E-state index contributed by atoms with van der Waals surface area (Å²) in [5, 5.41) is 0. The van der Waals surface area contributed by atoms with Gasteiger partial charge in [-0.15, -0.1) is 0 Å². The van der Waals surface area contributed by atoms with Crippen LogP contribution in [0, 0.1) is 11.8 Å². The molecule has 0 bridgehead atoms. The quantitative estimate of drug-likeness (QED) is 0.715. The van der Waals surface area contributed by atoms with Gasteiger partial charge in [-0.1, -0.05) is 44.2 Å². The van der Waals surface area contributed by atoms with Gasteiger partial charge in [0.15, 0.2) is 5.78 Å². The molecule has 1 aliphatic carbocycles. The van der Waals surface area contributed by atoms with Gasteiger partial charge >= 0.3 is 0 Å². The van der Waals surface area contributed by atoms with Crippen LogP contribution in [0.2, 0.25) is 0 Å². The molecule has 0 saturated heterocycles. The normalized spacial score (nSPS) is 20.9. The Kier molecular flexibility index (Phi) is 2.72. The van der Waals surface area contributed by atoms with Crippen molar-refractivity contribution in [2.45, 2.75) is 20.3 Å². The summed E-state index contributed by atoms with van der Waals surface area (Å²) in [7, 11) is 0. The van der Waals surface area contributed by atoms with E-state index in [0.717, 1.165) is 0 Å². The first-order valence-corrected chi connectivity index (χ1v) is 5.48. The van der Waals surface area contributed by atoms with Crippen molar-refractivity contribution in [1.29, 1.82) is 0 Å². The zero-order valence-corrected chi connectivity index (χ0v) is 9.23. The highest BCUT2D eigenvalue weighted by Gasteiger charge is 2.27. The van der Waals surface area contributed by atoms with Crippen molar-refractivity contribution >= 4 is 11.4 Å². The minimum absolute atomic E-state index is 0.271. The van der Waals surface area contributed by atoms with E-state index in [0.29, 0.717) is 18.3 Å².